The third kappa shape index (κ3) is 2.71. The molecule has 2 aromatic rings. The van der Waals surface area contributed by atoms with Gasteiger partial charge in [-0.2, -0.15) is 0 Å². The normalized spacial score (nSPS) is 12.5. The molecule has 18 heavy (non-hydrogen) atoms. The second-order valence-electron chi connectivity index (χ2n) is 4.54. The molecule has 1 atom stereocenters. The lowest BCUT2D eigenvalue weighted by molar-refractivity contribution is 0.622. The molecule has 0 aliphatic rings. The summed E-state index contributed by atoms with van der Waals surface area (Å²) >= 11 is 5.98. The van der Waals surface area contributed by atoms with E-state index in [1.807, 2.05) is 38.1 Å². The van der Waals surface area contributed by atoms with Crippen molar-refractivity contribution in [2.24, 2.45) is 5.73 Å². The summed E-state index contributed by atoms with van der Waals surface area (Å²) in [5, 5.41) is 0.638. The molecule has 0 aliphatic carbocycles. The van der Waals surface area contributed by atoms with Crippen molar-refractivity contribution in [1.82, 2.24) is 0 Å². The molecule has 1 nitrogen and oxygen atoms in total. The molecule has 0 heterocycles. The Morgan fingerprint density at radius 2 is 1.83 bits per heavy atom. The van der Waals surface area contributed by atoms with E-state index in [9.17, 15) is 4.39 Å². The van der Waals surface area contributed by atoms with Gasteiger partial charge in [0.05, 0.1) is 6.04 Å². The lowest BCUT2D eigenvalue weighted by Gasteiger charge is -2.16. The Balaban J connectivity index is 2.47. The van der Waals surface area contributed by atoms with Crippen LogP contribution in [0, 0.1) is 19.7 Å². The first-order valence-electron chi connectivity index (χ1n) is 5.76. The van der Waals surface area contributed by atoms with Gasteiger partial charge in [-0.1, -0.05) is 23.7 Å². The Morgan fingerprint density at radius 3 is 2.50 bits per heavy atom. The quantitative estimate of drug-likeness (QED) is 0.866. The maximum absolute atomic E-state index is 13.4. The van der Waals surface area contributed by atoms with E-state index in [0.29, 0.717) is 5.02 Å². The predicted molar refractivity (Wildman–Crippen MR) is 73.4 cm³/mol. The van der Waals surface area contributed by atoms with Crippen LogP contribution in [0.15, 0.2) is 36.4 Å². The van der Waals surface area contributed by atoms with Crippen LogP contribution in [-0.4, -0.2) is 0 Å². The maximum Gasteiger partial charge on any atom is 0.123 e. The molecule has 0 spiro atoms. The smallest absolute Gasteiger partial charge is 0.123 e. The molecule has 0 radical (unpaired) electrons. The second-order valence-corrected chi connectivity index (χ2v) is 4.98. The average molecular weight is 264 g/mol. The zero-order valence-corrected chi connectivity index (χ0v) is 11.1. The summed E-state index contributed by atoms with van der Waals surface area (Å²) in [6.45, 7) is 3.82. The summed E-state index contributed by atoms with van der Waals surface area (Å²) in [4.78, 5) is 0. The number of aryl methyl sites for hydroxylation is 2. The second kappa shape index (κ2) is 5.09. The average Bonchev–Trinajstić information content (AvgIpc) is 2.30. The van der Waals surface area contributed by atoms with Crippen molar-refractivity contribution in [3.05, 3.63) is 69.5 Å². The van der Waals surface area contributed by atoms with Crippen molar-refractivity contribution in [2.45, 2.75) is 19.9 Å². The number of halogens is 2. The molecule has 0 saturated heterocycles. The molecule has 1 unspecified atom stereocenters. The van der Waals surface area contributed by atoms with Gasteiger partial charge in [0.1, 0.15) is 5.82 Å². The highest BCUT2D eigenvalue weighted by Gasteiger charge is 2.13. The number of benzene rings is 2. The zero-order valence-electron chi connectivity index (χ0n) is 10.4. The van der Waals surface area contributed by atoms with Crippen LogP contribution in [-0.2, 0) is 0 Å². The van der Waals surface area contributed by atoms with Crippen LogP contribution in [0.25, 0.3) is 0 Å². The first-order valence-corrected chi connectivity index (χ1v) is 6.14. The minimum absolute atomic E-state index is 0.264. The highest BCUT2D eigenvalue weighted by atomic mass is 35.5. The van der Waals surface area contributed by atoms with E-state index in [1.165, 1.54) is 12.1 Å². The minimum Gasteiger partial charge on any atom is -0.320 e. The molecule has 0 saturated carbocycles. The van der Waals surface area contributed by atoms with Crippen LogP contribution < -0.4 is 5.73 Å². The lowest BCUT2D eigenvalue weighted by Crippen LogP contribution is -2.13. The van der Waals surface area contributed by atoms with E-state index < -0.39 is 0 Å². The first-order chi connectivity index (χ1) is 8.47. The molecule has 0 amide bonds. The van der Waals surface area contributed by atoms with Crippen molar-refractivity contribution in [3.63, 3.8) is 0 Å². The van der Waals surface area contributed by atoms with Gasteiger partial charge in [0, 0.05) is 5.02 Å². The third-order valence-corrected chi connectivity index (χ3v) is 3.24. The van der Waals surface area contributed by atoms with Crippen molar-refractivity contribution in [2.75, 3.05) is 0 Å². The van der Waals surface area contributed by atoms with Crippen molar-refractivity contribution in [1.29, 1.82) is 0 Å². The Labute approximate surface area is 111 Å². The summed E-state index contributed by atoms with van der Waals surface area (Å²) in [5.74, 6) is -0.264. The molecule has 0 aliphatic heterocycles. The topological polar surface area (TPSA) is 26.0 Å². The van der Waals surface area contributed by atoms with Crippen LogP contribution in [0.4, 0.5) is 4.39 Å². The summed E-state index contributed by atoms with van der Waals surface area (Å²) in [6, 6.07) is 10.1. The maximum atomic E-state index is 13.4. The molecule has 0 bridgehead atoms. The van der Waals surface area contributed by atoms with Crippen LogP contribution in [0.5, 0.6) is 0 Å². The molecule has 94 valence electrons. The van der Waals surface area contributed by atoms with Gasteiger partial charge < -0.3 is 5.73 Å². The van der Waals surface area contributed by atoms with Gasteiger partial charge in [-0.3, -0.25) is 0 Å². The molecular weight excluding hydrogens is 249 g/mol. The molecule has 0 aromatic heterocycles. The molecule has 2 N–H and O–H groups in total. The van der Waals surface area contributed by atoms with E-state index >= 15 is 0 Å². The molecular formula is C15H15ClFN. The van der Waals surface area contributed by atoms with Crippen molar-refractivity contribution >= 4 is 11.6 Å². The molecule has 2 rings (SSSR count). The monoisotopic (exact) mass is 263 g/mol. The largest absolute Gasteiger partial charge is 0.320 e. The Morgan fingerprint density at radius 1 is 1.11 bits per heavy atom. The zero-order chi connectivity index (χ0) is 13.3. The highest BCUT2D eigenvalue weighted by molar-refractivity contribution is 6.30. The van der Waals surface area contributed by atoms with Gasteiger partial charge >= 0.3 is 0 Å². The molecule has 3 heteroatoms. The fourth-order valence-corrected chi connectivity index (χ4v) is 2.25. The lowest BCUT2D eigenvalue weighted by atomic mass is 9.95. The fraction of sp³-hybridized carbons (Fsp3) is 0.200. The molecule has 2 aromatic carbocycles. The van der Waals surface area contributed by atoms with Crippen LogP contribution in [0.1, 0.15) is 28.3 Å². The summed E-state index contributed by atoms with van der Waals surface area (Å²) in [7, 11) is 0. The van der Waals surface area contributed by atoms with Crippen LogP contribution in [0.2, 0.25) is 5.02 Å². The summed E-state index contributed by atoms with van der Waals surface area (Å²) in [5.41, 5.74) is 9.80. The van der Waals surface area contributed by atoms with Crippen LogP contribution in [0.3, 0.4) is 0 Å². The van der Waals surface area contributed by atoms with E-state index in [0.717, 1.165) is 22.3 Å². The minimum atomic E-state index is -0.363. The number of nitrogens with two attached hydrogens (primary N) is 1. The Kier molecular flexibility index (Phi) is 3.69. The van der Waals surface area contributed by atoms with Gasteiger partial charge in [-0.15, -0.1) is 0 Å². The van der Waals surface area contributed by atoms with Gasteiger partial charge in [-0.05, 0) is 60.4 Å². The van der Waals surface area contributed by atoms with Crippen molar-refractivity contribution < 1.29 is 4.39 Å². The third-order valence-electron chi connectivity index (χ3n) is 3.00. The summed E-state index contributed by atoms with van der Waals surface area (Å²) < 4.78 is 13.4. The fourth-order valence-electron chi connectivity index (χ4n) is 2.07. The van der Waals surface area contributed by atoms with Gasteiger partial charge in [-0.25, -0.2) is 4.39 Å². The first kappa shape index (κ1) is 13.1. The standard InChI is InChI=1S/C15H15ClFN/c1-9-5-11(7-13(17)6-9)15(18)14-8-12(16)4-3-10(14)2/h3-8,15H,18H2,1-2H3. The van der Waals surface area contributed by atoms with E-state index in [2.05, 4.69) is 0 Å². The van der Waals surface area contributed by atoms with E-state index in [4.69, 9.17) is 17.3 Å². The molecule has 0 fully saturated rings. The number of hydrogen-bond acceptors (Lipinski definition) is 1. The van der Waals surface area contributed by atoms with Crippen molar-refractivity contribution in [3.8, 4) is 0 Å². The number of rotatable bonds is 2. The van der Waals surface area contributed by atoms with Gasteiger partial charge in [0.25, 0.3) is 0 Å². The van der Waals surface area contributed by atoms with E-state index in [-0.39, 0.29) is 11.9 Å². The van der Waals surface area contributed by atoms with Crippen LogP contribution >= 0.6 is 11.6 Å². The Hall–Kier alpha value is -1.38. The predicted octanol–water partition coefficient (Wildman–Crippen LogP) is 4.14. The number of hydrogen-bond donors (Lipinski definition) is 1. The van der Waals surface area contributed by atoms with Gasteiger partial charge in [0.15, 0.2) is 0 Å². The SMILES string of the molecule is Cc1cc(F)cc(C(N)c2cc(Cl)ccc2C)c1. The Bertz CT molecular complexity index is 560. The van der Waals surface area contributed by atoms with Gasteiger partial charge in [0.2, 0.25) is 0 Å². The van der Waals surface area contributed by atoms with E-state index in [1.54, 1.807) is 0 Å². The summed E-state index contributed by atoms with van der Waals surface area (Å²) in [6.07, 6.45) is 0. The highest BCUT2D eigenvalue weighted by Crippen LogP contribution is 2.26.